The molecule has 3 rings (SSSR count). The van der Waals surface area contributed by atoms with Crippen molar-refractivity contribution in [3.8, 4) is 0 Å². The van der Waals surface area contributed by atoms with Crippen LogP contribution in [0.3, 0.4) is 0 Å². The highest BCUT2D eigenvalue weighted by Gasteiger charge is 2.19. The van der Waals surface area contributed by atoms with Crippen LogP contribution in [0.2, 0.25) is 0 Å². The molecule has 0 radical (unpaired) electrons. The fourth-order valence-corrected chi connectivity index (χ4v) is 1.80. The Bertz CT molecular complexity index is 808. The minimum absolute atomic E-state index is 0.0520. The van der Waals surface area contributed by atoms with Crippen LogP contribution in [0.1, 0.15) is 0 Å². The van der Waals surface area contributed by atoms with Crippen LogP contribution >= 0.6 is 0 Å². The molecule has 0 unspecified atom stereocenters. The Morgan fingerprint density at radius 2 is 1.84 bits per heavy atom. The van der Waals surface area contributed by atoms with E-state index in [4.69, 9.17) is 4.55 Å². The van der Waals surface area contributed by atoms with Crippen molar-refractivity contribution < 1.29 is 17.8 Å². The van der Waals surface area contributed by atoms with Crippen LogP contribution in [0.4, 0.5) is 0 Å². The Kier molecular flexibility index (Phi) is 3.46. The lowest BCUT2D eigenvalue weighted by Crippen LogP contribution is -2.24. The summed E-state index contributed by atoms with van der Waals surface area (Å²) < 4.78 is 25.9. The van der Waals surface area contributed by atoms with Gasteiger partial charge in [0.2, 0.25) is 0 Å². The van der Waals surface area contributed by atoms with Gasteiger partial charge in [-0.1, -0.05) is 24.3 Å². The van der Waals surface area contributed by atoms with Gasteiger partial charge < -0.3 is 0 Å². The molecule has 0 amide bonds. The van der Waals surface area contributed by atoms with E-state index >= 15 is 0 Å². The van der Waals surface area contributed by atoms with Crippen molar-refractivity contribution in [2.75, 3.05) is 6.26 Å². The number of fused-ring (bicyclic) bond motifs is 2. The fraction of sp³-hybridized carbons (Fsp3) is 0.0769. The van der Waals surface area contributed by atoms with E-state index in [1.54, 1.807) is 12.2 Å². The molecule has 1 heterocycles. The van der Waals surface area contributed by atoms with E-state index in [9.17, 15) is 13.2 Å². The number of hydrogen-bond donors (Lipinski definition) is 1. The lowest BCUT2D eigenvalue weighted by atomic mass is 10.0. The zero-order valence-corrected chi connectivity index (χ0v) is 10.9. The number of rotatable bonds is 0. The first-order valence-corrected chi connectivity index (χ1v) is 7.25. The normalized spacial score (nSPS) is 15.8. The van der Waals surface area contributed by atoms with Gasteiger partial charge in [-0.05, 0) is 18.2 Å². The summed E-state index contributed by atoms with van der Waals surface area (Å²) in [5.41, 5.74) is 1.53. The molecule has 1 aliphatic heterocycles. The molecule has 19 heavy (non-hydrogen) atoms. The summed E-state index contributed by atoms with van der Waals surface area (Å²) in [6.07, 6.45) is 5.91. The van der Waals surface area contributed by atoms with Crippen LogP contribution < -0.4 is 10.6 Å². The molecule has 2 aliphatic rings. The van der Waals surface area contributed by atoms with Gasteiger partial charge in [0.25, 0.3) is 10.1 Å². The lowest BCUT2D eigenvalue weighted by molar-refractivity contribution is -0.109. The summed E-state index contributed by atoms with van der Waals surface area (Å²) in [7, 11) is -3.67. The molecule has 1 N–H and O–H groups in total. The number of allylic oxidation sites excluding steroid dienone is 4. The van der Waals surface area contributed by atoms with Gasteiger partial charge in [0.15, 0.2) is 5.78 Å². The maximum Gasteiger partial charge on any atom is 0.261 e. The topological polar surface area (TPSA) is 83.8 Å². The van der Waals surface area contributed by atoms with Gasteiger partial charge in [-0.3, -0.25) is 9.35 Å². The van der Waals surface area contributed by atoms with Gasteiger partial charge in [0, 0.05) is 5.22 Å². The molecule has 0 spiro atoms. The molecule has 0 atom stereocenters. The van der Waals surface area contributed by atoms with E-state index in [-0.39, 0.29) is 5.78 Å². The Morgan fingerprint density at radius 1 is 1.21 bits per heavy atom. The quantitative estimate of drug-likeness (QED) is 0.676. The second-order valence-electron chi connectivity index (χ2n) is 4.01. The average molecular weight is 277 g/mol. The summed E-state index contributed by atoms with van der Waals surface area (Å²) in [6, 6.07) is 7.72. The van der Waals surface area contributed by atoms with Crippen molar-refractivity contribution in [3.63, 3.8) is 0 Å². The third-order valence-electron chi connectivity index (χ3n) is 2.42. The van der Waals surface area contributed by atoms with Crippen LogP contribution in [0, 0.1) is 0 Å². The molecule has 0 bridgehead atoms. The molecule has 1 aromatic carbocycles. The Morgan fingerprint density at radius 3 is 2.53 bits per heavy atom. The maximum absolute atomic E-state index is 11.6. The van der Waals surface area contributed by atoms with Crippen molar-refractivity contribution in [1.29, 1.82) is 0 Å². The Labute approximate surface area is 110 Å². The van der Waals surface area contributed by atoms with E-state index in [1.165, 1.54) is 0 Å². The predicted molar refractivity (Wildman–Crippen MR) is 70.3 cm³/mol. The molecule has 6 heteroatoms. The standard InChI is InChI=1S/C12H7NO.CH4O3S/c14-11-7-3-6-10-12(11)8-4-1-2-5-9(8)13-10;1-5(2,3)4/h1-7H;1H3,(H,2,3,4). The monoisotopic (exact) mass is 277 g/mol. The minimum atomic E-state index is -3.67. The molecule has 5 nitrogen and oxygen atoms in total. The second kappa shape index (κ2) is 4.91. The van der Waals surface area contributed by atoms with Crippen LogP contribution in [0.15, 0.2) is 53.2 Å². The molecule has 1 aliphatic carbocycles. The zero-order chi connectivity index (χ0) is 14.0. The van der Waals surface area contributed by atoms with E-state index < -0.39 is 10.1 Å². The van der Waals surface area contributed by atoms with Crippen molar-refractivity contribution >= 4 is 21.5 Å². The molecular weight excluding hydrogens is 266 g/mol. The van der Waals surface area contributed by atoms with E-state index in [1.807, 2.05) is 30.3 Å². The summed E-state index contributed by atoms with van der Waals surface area (Å²) in [6.45, 7) is 0. The third kappa shape index (κ3) is 3.24. The van der Waals surface area contributed by atoms with Crippen LogP contribution in [-0.4, -0.2) is 25.0 Å². The van der Waals surface area contributed by atoms with Gasteiger partial charge in [-0.25, -0.2) is 4.99 Å². The second-order valence-corrected chi connectivity index (χ2v) is 5.48. The van der Waals surface area contributed by atoms with Crippen molar-refractivity contribution in [2.24, 2.45) is 4.99 Å². The number of carbonyl (C=O) groups is 1. The molecule has 0 saturated heterocycles. The summed E-state index contributed by atoms with van der Waals surface area (Å²) in [4.78, 5) is 16.0. The highest BCUT2D eigenvalue weighted by atomic mass is 32.2. The molecule has 98 valence electrons. The first-order valence-electron chi connectivity index (χ1n) is 5.40. The number of nitrogens with zero attached hydrogens (tertiary/aromatic N) is 1. The number of carbonyl (C=O) groups excluding carboxylic acids is 1. The van der Waals surface area contributed by atoms with Crippen molar-refractivity contribution in [1.82, 2.24) is 0 Å². The fourth-order valence-electron chi connectivity index (χ4n) is 1.80. The summed E-state index contributed by atoms with van der Waals surface area (Å²) in [5.74, 6) is 0.0520. The largest absolute Gasteiger partial charge is 0.289 e. The highest BCUT2D eigenvalue weighted by molar-refractivity contribution is 7.85. The predicted octanol–water partition coefficient (Wildman–Crippen LogP) is -0.00270. The average Bonchev–Trinajstić information content (AvgIpc) is 2.66. The SMILES string of the molecule is CS(=O)(=O)O.O=C1C=CC=C2N=c3ccccc3=C12. The number of para-hydroxylation sites is 1. The third-order valence-corrected chi connectivity index (χ3v) is 2.42. The van der Waals surface area contributed by atoms with Gasteiger partial charge in [0.05, 0.1) is 22.9 Å². The zero-order valence-electron chi connectivity index (χ0n) is 10.1. The maximum atomic E-state index is 11.6. The van der Waals surface area contributed by atoms with Gasteiger partial charge in [0.1, 0.15) is 0 Å². The van der Waals surface area contributed by atoms with Gasteiger partial charge in [-0.2, -0.15) is 8.42 Å². The van der Waals surface area contributed by atoms with E-state index in [2.05, 4.69) is 4.99 Å². The highest BCUT2D eigenvalue weighted by Crippen LogP contribution is 2.18. The molecule has 0 saturated carbocycles. The molecule has 0 aromatic heterocycles. The van der Waals surface area contributed by atoms with Gasteiger partial charge >= 0.3 is 0 Å². The Hall–Kier alpha value is -2.05. The first-order chi connectivity index (χ1) is 8.86. The summed E-state index contributed by atoms with van der Waals surface area (Å²) in [5, 5.41) is 1.85. The van der Waals surface area contributed by atoms with Crippen LogP contribution in [0.5, 0.6) is 0 Å². The molecule has 0 fully saturated rings. The first kappa shape index (κ1) is 13.4. The van der Waals surface area contributed by atoms with E-state index in [0.29, 0.717) is 6.26 Å². The smallest absolute Gasteiger partial charge is 0.261 e. The lowest BCUT2D eigenvalue weighted by Gasteiger charge is -2.02. The summed E-state index contributed by atoms with van der Waals surface area (Å²) >= 11 is 0. The number of benzene rings is 1. The van der Waals surface area contributed by atoms with Crippen LogP contribution in [-0.2, 0) is 14.9 Å². The van der Waals surface area contributed by atoms with Crippen LogP contribution in [0.25, 0.3) is 5.57 Å². The molecule has 1 aromatic rings. The van der Waals surface area contributed by atoms with Crippen molar-refractivity contribution in [3.05, 3.63) is 58.8 Å². The van der Waals surface area contributed by atoms with Gasteiger partial charge in [-0.15, -0.1) is 0 Å². The Balaban J connectivity index is 0.000000232. The van der Waals surface area contributed by atoms with E-state index in [0.717, 1.165) is 21.8 Å². The van der Waals surface area contributed by atoms with Crippen molar-refractivity contribution in [2.45, 2.75) is 0 Å². The molecular formula is C13H11NO4S. The minimum Gasteiger partial charge on any atom is -0.289 e. The number of ketones is 1. The number of hydrogen-bond acceptors (Lipinski definition) is 4.